The lowest BCUT2D eigenvalue weighted by atomic mass is 10.1. The van der Waals surface area contributed by atoms with Gasteiger partial charge in [0, 0.05) is 16.4 Å². The molecule has 31 heavy (non-hydrogen) atoms. The number of aliphatic hydroxyl groups is 1. The van der Waals surface area contributed by atoms with Crippen molar-refractivity contribution in [2.75, 3.05) is 0 Å². The van der Waals surface area contributed by atoms with Gasteiger partial charge in [-0.15, -0.1) is 0 Å². The van der Waals surface area contributed by atoms with Crippen LogP contribution in [0.2, 0.25) is 0 Å². The summed E-state index contributed by atoms with van der Waals surface area (Å²) in [6.45, 7) is 0. The van der Waals surface area contributed by atoms with Crippen LogP contribution in [-0.4, -0.2) is 10.1 Å². The molecule has 4 rings (SSSR count). The van der Waals surface area contributed by atoms with E-state index in [0.29, 0.717) is 11.1 Å². The molecule has 1 N–H and O–H groups in total. The predicted molar refractivity (Wildman–Crippen MR) is 112 cm³/mol. The Labute approximate surface area is 179 Å². The summed E-state index contributed by atoms with van der Waals surface area (Å²) in [6.07, 6.45) is -4.74. The number of hydrogen-bond donors (Lipinski definition) is 1. The van der Waals surface area contributed by atoms with Gasteiger partial charge in [-0.2, -0.15) is 18.4 Å². The quantitative estimate of drug-likeness (QED) is 0.273. The van der Waals surface area contributed by atoms with Crippen LogP contribution in [0.3, 0.4) is 0 Å². The number of thioether (sulfide) groups is 1. The number of furan rings is 1. The minimum atomic E-state index is -4.74. The van der Waals surface area contributed by atoms with Crippen LogP contribution in [0.5, 0.6) is 0 Å². The molecule has 0 saturated carbocycles. The van der Waals surface area contributed by atoms with Crippen molar-refractivity contribution in [3.05, 3.63) is 89.0 Å². The maximum atomic E-state index is 13.6. The molecular weight excluding hydrogens is 425 g/mol. The number of alkyl halides is 3. The molecule has 4 nitrogen and oxygen atoms in total. The van der Waals surface area contributed by atoms with Crippen molar-refractivity contribution in [2.24, 2.45) is 0 Å². The molecule has 0 aliphatic carbocycles. The lowest BCUT2D eigenvalue weighted by molar-refractivity contribution is -0.138. The molecule has 2 aromatic heterocycles. The minimum Gasteiger partial charge on any atom is -0.504 e. The molecule has 0 radical (unpaired) electrons. The van der Waals surface area contributed by atoms with E-state index in [1.807, 2.05) is 6.07 Å². The lowest BCUT2D eigenvalue weighted by Crippen LogP contribution is -2.10. The van der Waals surface area contributed by atoms with E-state index < -0.39 is 17.3 Å². The van der Waals surface area contributed by atoms with Crippen molar-refractivity contribution in [3.8, 4) is 17.3 Å². The molecule has 0 bridgehead atoms. The van der Waals surface area contributed by atoms with Crippen molar-refractivity contribution in [1.82, 2.24) is 4.98 Å². The first-order valence-electron chi connectivity index (χ1n) is 8.99. The highest BCUT2D eigenvalue weighted by atomic mass is 32.2. The number of aliphatic hydroxyl groups excluding tert-OH is 1. The van der Waals surface area contributed by atoms with Gasteiger partial charge in [0.1, 0.15) is 16.7 Å². The van der Waals surface area contributed by atoms with Gasteiger partial charge >= 0.3 is 6.18 Å². The fourth-order valence-corrected chi connectivity index (χ4v) is 3.74. The summed E-state index contributed by atoms with van der Waals surface area (Å²) in [5, 5.41) is 21.6. The van der Waals surface area contributed by atoms with Crippen LogP contribution < -0.4 is 0 Å². The normalized spacial score (nSPS) is 12.1. The third kappa shape index (κ3) is 4.27. The molecule has 4 aromatic rings. The monoisotopic (exact) mass is 438 g/mol. The van der Waals surface area contributed by atoms with Crippen molar-refractivity contribution in [2.45, 2.75) is 11.2 Å². The Bertz CT molecular complexity index is 1290. The summed E-state index contributed by atoms with van der Waals surface area (Å²) in [5.41, 5.74) is -0.576. The number of nitriles is 1. The number of halogens is 3. The van der Waals surface area contributed by atoms with Gasteiger partial charge in [-0.05, 0) is 18.2 Å². The molecule has 8 heteroatoms. The van der Waals surface area contributed by atoms with Crippen molar-refractivity contribution >= 4 is 28.5 Å². The van der Waals surface area contributed by atoms with Crippen molar-refractivity contribution in [3.63, 3.8) is 0 Å². The third-order valence-electron chi connectivity index (χ3n) is 4.43. The van der Waals surface area contributed by atoms with Crippen LogP contribution in [-0.2, 0) is 6.18 Å². The van der Waals surface area contributed by atoms with Gasteiger partial charge in [-0.25, -0.2) is 4.98 Å². The number of pyridine rings is 1. The molecule has 0 spiro atoms. The van der Waals surface area contributed by atoms with Crippen LogP contribution in [0.15, 0.2) is 81.6 Å². The summed E-state index contributed by atoms with van der Waals surface area (Å²) < 4.78 is 46.4. The molecule has 0 atom stereocenters. The third-order valence-corrected chi connectivity index (χ3v) is 5.29. The highest BCUT2D eigenvalue weighted by Gasteiger charge is 2.36. The van der Waals surface area contributed by atoms with Crippen molar-refractivity contribution < 1.29 is 22.7 Å². The van der Waals surface area contributed by atoms with Crippen LogP contribution in [0.1, 0.15) is 16.9 Å². The van der Waals surface area contributed by atoms with Gasteiger partial charge in [-0.3, -0.25) is 0 Å². The first kappa shape index (κ1) is 20.6. The Morgan fingerprint density at radius 1 is 1.06 bits per heavy atom. The molecule has 0 aliphatic rings. The van der Waals surface area contributed by atoms with Crippen LogP contribution >= 0.6 is 11.8 Å². The van der Waals surface area contributed by atoms with E-state index in [1.54, 1.807) is 60.7 Å². The standard InChI is InChI=1S/C23H13F3N2O2S/c24-23(25,26)17-11-18(14-6-2-1-3-7-14)28-22(16(17)12-27)31-13-19(29)21-10-15-8-4-5-9-20(15)30-21/h1-11,13,29H. The summed E-state index contributed by atoms with van der Waals surface area (Å²) in [7, 11) is 0. The Morgan fingerprint density at radius 3 is 2.45 bits per heavy atom. The number of para-hydroxylation sites is 1. The number of rotatable bonds is 4. The molecule has 0 saturated heterocycles. The summed E-state index contributed by atoms with van der Waals surface area (Å²) in [5.74, 6) is -0.131. The molecule has 154 valence electrons. The second kappa shape index (κ2) is 8.20. The first-order chi connectivity index (χ1) is 14.9. The highest BCUT2D eigenvalue weighted by Crippen LogP contribution is 2.38. The minimum absolute atomic E-state index is 0.0750. The fourth-order valence-electron chi connectivity index (χ4n) is 2.97. The van der Waals surface area contributed by atoms with Crippen LogP contribution in [0, 0.1) is 11.3 Å². The molecule has 0 unspecified atom stereocenters. The van der Waals surface area contributed by atoms with E-state index >= 15 is 0 Å². The second-order valence-corrected chi connectivity index (χ2v) is 7.34. The Kier molecular flexibility index (Phi) is 5.44. The van der Waals surface area contributed by atoms with Gasteiger partial charge in [0.2, 0.25) is 0 Å². The number of benzene rings is 2. The molecule has 0 aliphatic heterocycles. The van der Waals surface area contributed by atoms with E-state index in [9.17, 15) is 23.5 Å². The molecule has 2 aromatic carbocycles. The fraction of sp³-hybridized carbons (Fsp3) is 0.0435. The molecule has 0 amide bonds. The Hall–Kier alpha value is -3.70. The largest absolute Gasteiger partial charge is 0.504 e. The second-order valence-electron chi connectivity index (χ2n) is 6.48. The zero-order valence-corrected chi connectivity index (χ0v) is 16.5. The first-order valence-corrected chi connectivity index (χ1v) is 9.87. The van der Waals surface area contributed by atoms with Gasteiger partial charge in [0.05, 0.1) is 16.8 Å². The van der Waals surface area contributed by atoms with E-state index in [-0.39, 0.29) is 22.2 Å². The van der Waals surface area contributed by atoms with Crippen molar-refractivity contribution in [1.29, 1.82) is 5.26 Å². The van der Waals surface area contributed by atoms with E-state index in [4.69, 9.17) is 4.42 Å². The van der Waals surface area contributed by atoms with E-state index in [0.717, 1.165) is 23.2 Å². The lowest BCUT2D eigenvalue weighted by Gasteiger charge is -2.13. The van der Waals surface area contributed by atoms with E-state index in [2.05, 4.69) is 4.98 Å². The average molecular weight is 438 g/mol. The number of aromatic nitrogens is 1. The SMILES string of the molecule is N#Cc1c(C(F)(F)F)cc(-c2ccccc2)nc1SC=C(O)c1cc2ccccc2o1. The Balaban J connectivity index is 1.77. The number of nitrogens with zero attached hydrogens (tertiary/aromatic N) is 2. The smallest absolute Gasteiger partial charge is 0.417 e. The van der Waals surface area contributed by atoms with Crippen LogP contribution in [0.25, 0.3) is 28.0 Å². The molecule has 0 fully saturated rings. The summed E-state index contributed by atoms with van der Waals surface area (Å²) >= 11 is 0.718. The zero-order chi connectivity index (χ0) is 22.0. The molecular formula is C23H13F3N2O2S. The van der Waals surface area contributed by atoms with E-state index in [1.165, 1.54) is 5.41 Å². The average Bonchev–Trinajstić information content (AvgIpc) is 3.21. The van der Waals surface area contributed by atoms with Crippen LogP contribution in [0.4, 0.5) is 13.2 Å². The maximum absolute atomic E-state index is 13.6. The number of fused-ring (bicyclic) bond motifs is 1. The van der Waals surface area contributed by atoms with Gasteiger partial charge in [0.15, 0.2) is 11.5 Å². The summed E-state index contributed by atoms with van der Waals surface area (Å²) in [6, 6.07) is 19.6. The van der Waals surface area contributed by atoms with Gasteiger partial charge < -0.3 is 9.52 Å². The zero-order valence-electron chi connectivity index (χ0n) is 15.7. The van der Waals surface area contributed by atoms with Gasteiger partial charge in [-0.1, -0.05) is 60.3 Å². The predicted octanol–water partition coefficient (Wildman–Crippen LogP) is 7.03. The van der Waals surface area contributed by atoms with Gasteiger partial charge in [0.25, 0.3) is 0 Å². The topological polar surface area (TPSA) is 70.0 Å². The number of hydrogen-bond acceptors (Lipinski definition) is 5. The maximum Gasteiger partial charge on any atom is 0.417 e. The Morgan fingerprint density at radius 2 is 1.77 bits per heavy atom. The molecule has 2 heterocycles. The summed E-state index contributed by atoms with van der Waals surface area (Å²) in [4.78, 5) is 4.25. The highest BCUT2D eigenvalue weighted by molar-refractivity contribution is 8.02.